The first-order chi connectivity index (χ1) is 6.81. The number of hydrogen-bond acceptors (Lipinski definition) is 2. The second kappa shape index (κ2) is 3.67. The summed E-state index contributed by atoms with van der Waals surface area (Å²) in [5.74, 6) is 0. The molecular formula is C10H12N2O2. The summed E-state index contributed by atoms with van der Waals surface area (Å²) in [6.07, 6.45) is 2.61. The maximum absolute atomic E-state index is 11.4. The molecule has 2 aromatic heterocycles. The summed E-state index contributed by atoms with van der Waals surface area (Å²) in [6, 6.07) is 5.16. The van der Waals surface area contributed by atoms with Crippen LogP contribution in [0.15, 0.2) is 29.2 Å². The van der Waals surface area contributed by atoms with Gasteiger partial charge in [0.15, 0.2) is 0 Å². The average Bonchev–Trinajstić information content (AvgIpc) is 2.59. The summed E-state index contributed by atoms with van der Waals surface area (Å²) in [6.45, 7) is 0.654. The lowest BCUT2D eigenvalue weighted by Gasteiger charge is -1.93. The first-order valence-corrected chi connectivity index (χ1v) is 4.49. The Bertz CT molecular complexity index is 484. The Hall–Kier alpha value is -1.55. The molecule has 0 amide bonds. The Morgan fingerprint density at radius 3 is 3.07 bits per heavy atom. The number of methoxy groups -OCH3 is 1. The van der Waals surface area contributed by atoms with Crippen LogP contribution in [0.4, 0.5) is 0 Å². The van der Waals surface area contributed by atoms with Gasteiger partial charge in [0, 0.05) is 31.5 Å². The monoisotopic (exact) mass is 192 g/mol. The van der Waals surface area contributed by atoms with Gasteiger partial charge in [0.1, 0.15) is 5.65 Å². The number of imidazole rings is 1. The SMILES string of the molecule is COCCc1cn2c(=O)cccc2[nH]1. The van der Waals surface area contributed by atoms with Crippen LogP contribution < -0.4 is 5.56 Å². The fraction of sp³-hybridized carbons (Fsp3) is 0.300. The molecule has 0 radical (unpaired) electrons. The van der Waals surface area contributed by atoms with Crippen LogP contribution >= 0.6 is 0 Å². The Morgan fingerprint density at radius 1 is 1.50 bits per heavy atom. The topological polar surface area (TPSA) is 46.5 Å². The number of ether oxygens (including phenoxy) is 1. The van der Waals surface area contributed by atoms with Crippen LogP contribution in [0.1, 0.15) is 5.69 Å². The highest BCUT2D eigenvalue weighted by molar-refractivity contribution is 5.39. The van der Waals surface area contributed by atoms with Gasteiger partial charge in [-0.2, -0.15) is 0 Å². The molecule has 0 saturated heterocycles. The largest absolute Gasteiger partial charge is 0.384 e. The Labute approximate surface area is 81.1 Å². The number of aromatic nitrogens is 2. The summed E-state index contributed by atoms with van der Waals surface area (Å²) in [5, 5.41) is 0. The molecule has 2 heterocycles. The van der Waals surface area contributed by atoms with Crippen LogP contribution in [-0.2, 0) is 11.2 Å². The number of fused-ring (bicyclic) bond motifs is 1. The van der Waals surface area contributed by atoms with Crippen molar-refractivity contribution in [1.82, 2.24) is 9.38 Å². The molecule has 0 fully saturated rings. The van der Waals surface area contributed by atoms with Gasteiger partial charge in [0.25, 0.3) is 5.56 Å². The summed E-state index contributed by atoms with van der Waals surface area (Å²) in [7, 11) is 1.66. The van der Waals surface area contributed by atoms with E-state index >= 15 is 0 Å². The highest BCUT2D eigenvalue weighted by Gasteiger charge is 2.00. The minimum Gasteiger partial charge on any atom is -0.384 e. The number of H-pyrrole nitrogens is 1. The minimum absolute atomic E-state index is 0.0117. The Kier molecular flexibility index (Phi) is 2.37. The van der Waals surface area contributed by atoms with Crippen molar-refractivity contribution >= 4 is 5.65 Å². The van der Waals surface area contributed by atoms with E-state index in [2.05, 4.69) is 4.98 Å². The molecule has 0 saturated carbocycles. The molecule has 0 spiro atoms. The molecule has 0 aliphatic rings. The van der Waals surface area contributed by atoms with E-state index in [-0.39, 0.29) is 5.56 Å². The number of pyridine rings is 1. The fourth-order valence-electron chi connectivity index (χ4n) is 1.43. The van der Waals surface area contributed by atoms with Gasteiger partial charge in [-0.3, -0.25) is 9.20 Å². The minimum atomic E-state index is -0.0117. The molecule has 14 heavy (non-hydrogen) atoms. The number of hydrogen-bond donors (Lipinski definition) is 1. The molecule has 2 rings (SSSR count). The zero-order valence-electron chi connectivity index (χ0n) is 7.99. The zero-order chi connectivity index (χ0) is 9.97. The Morgan fingerprint density at radius 2 is 2.36 bits per heavy atom. The van der Waals surface area contributed by atoms with E-state index in [0.717, 1.165) is 17.8 Å². The van der Waals surface area contributed by atoms with Crippen molar-refractivity contribution in [3.63, 3.8) is 0 Å². The van der Waals surface area contributed by atoms with E-state index < -0.39 is 0 Å². The lowest BCUT2D eigenvalue weighted by Crippen LogP contribution is -2.08. The van der Waals surface area contributed by atoms with Crippen molar-refractivity contribution in [3.8, 4) is 0 Å². The summed E-state index contributed by atoms with van der Waals surface area (Å²) in [4.78, 5) is 14.5. The van der Waals surface area contributed by atoms with Gasteiger partial charge in [-0.15, -0.1) is 0 Å². The highest BCUT2D eigenvalue weighted by Crippen LogP contribution is 2.02. The van der Waals surface area contributed by atoms with Gasteiger partial charge in [-0.05, 0) is 6.07 Å². The highest BCUT2D eigenvalue weighted by atomic mass is 16.5. The fourth-order valence-corrected chi connectivity index (χ4v) is 1.43. The smallest absolute Gasteiger partial charge is 0.256 e. The van der Waals surface area contributed by atoms with E-state index in [1.54, 1.807) is 23.6 Å². The van der Waals surface area contributed by atoms with Crippen LogP contribution in [0.5, 0.6) is 0 Å². The van der Waals surface area contributed by atoms with Crippen LogP contribution in [0.25, 0.3) is 5.65 Å². The predicted octanol–water partition coefficient (Wildman–Crippen LogP) is 0.817. The van der Waals surface area contributed by atoms with Crippen molar-refractivity contribution in [1.29, 1.82) is 0 Å². The molecule has 0 atom stereocenters. The molecule has 0 aromatic carbocycles. The van der Waals surface area contributed by atoms with E-state index in [0.29, 0.717) is 6.61 Å². The van der Waals surface area contributed by atoms with Crippen molar-refractivity contribution in [2.45, 2.75) is 6.42 Å². The summed E-state index contributed by atoms with van der Waals surface area (Å²) < 4.78 is 6.57. The van der Waals surface area contributed by atoms with Crippen molar-refractivity contribution in [2.75, 3.05) is 13.7 Å². The van der Waals surface area contributed by atoms with Crippen LogP contribution in [0, 0.1) is 0 Å². The molecule has 0 bridgehead atoms. The molecule has 0 unspecified atom stereocenters. The van der Waals surface area contributed by atoms with Gasteiger partial charge < -0.3 is 9.72 Å². The quantitative estimate of drug-likeness (QED) is 0.782. The number of nitrogens with zero attached hydrogens (tertiary/aromatic N) is 1. The van der Waals surface area contributed by atoms with Crippen LogP contribution in [0.2, 0.25) is 0 Å². The average molecular weight is 192 g/mol. The molecule has 4 nitrogen and oxygen atoms in total. The lowest BCUT2D eigenvalue weighted by molar-refractivity contribution is 0.201. The van der Waals surface area contributed by atoms with Gasteiger partial charge in [0.05, 0.1) is 6.61 Å². The van der Waals surface area contributed by atoms with Crippen LogP contribution in [0.3, 0.4) is 0 Å². The van der Waals surface area contributed by atoms with E-state index in [4.69, 9.17) is 4.74 Å². The predicted molar refractivity (Wildman–Crippen MR) is 53.6 cm³/mol. The normalized spacial score (nSPS) is 10.9. The second-order valence-electron chi connectivity index (χ2n) is 3.14. The third-order valence-corrected chi connectivity index (χ3v) is 2.14. The Balaban J connectivity index is 2.41. The summed E-state index contributed by atoms with van der Waals surface area (Å²) >= 11 is 0. The molecule has 0 aliphatic carbocycles. The molecule has 74 valence electrons. The van der Waals surface area contributed by atoms with Gasteiger partial charge >= 0.3 is 0 Å². The molecule has 0 aliphatic heterocycles. The number of nitrogens with one attached hydrogen (secondary N) is 1. The van der Waals surface area contributed by atoms with Crippen LogP contribution in [-0.4, -0.2) is 23.1 Å². The third-order valence-electron chi connectivity index (χ3n) is 2.14. The maximum Gasteiger partial charge on any atom is 0.256 e. The second-order valence-corrected chi connectivity index (χ2v) is 3.14. The lowest BCUT2D eigenvalue weighted by atomic mass is 10.3. The van der Waals surface area contributed by atoms with Gasteiger partial charge in [-0.25, -0.2) is 0 Å². The maximum atomic E-state index is 11.4. The third kappa shape index (κ3) is 1.56. The van der Waals surface area contributed by atoms with E-state index in [1.165, 1.54) is 0 Å². The molecule has 4 heteroatoms. The van der Waals surface area contributed by atoms with E-state index in [1.807, 2.05) is 12.3 Å². The first-order valence-electron chi connectivity index (χ1n) is 4.49. The zero-order valence-corrected chi connectivity index (χ0v) is 7.99. The number of rotatable bonds is 3. The van der Waals surface area contributed by atoms with Crippen molar-refractivity contribution in [2.24, 2.45) is 0 Å². The standard InChI is InChI=1S/C10H12N2O2/c1-14-6-5-8-7-12-9(11-8)3-2-4-10(12)13/h2-4,7,11H,5-6H2,1H3. The number of aromatic amines is 1. The summed E-state index contributed by atoms with van der Waals surface area (Å²) in [5.41, 5.74) is 1.82. The first kappa shape index (κ1) is 9.02. The van der Waals surface area contributed by atoms with E-state index in [9.17, 15) is 4.79 Å². The molecule has 2 aromatic rings. The molecule has 1 N–H and O–H groups in total. The van der Waals surface area contributed by atoms with Gasteiger partial charge in [-0.1, -0.05) is 6.07 Å². The molecular weight excluding hydrogens is 180 g/mol. The van der Waals surface area contributed by atoms with Crippen molar-refractivity contribution in [3.05, 3.63) is 40.4 Å². The van der Waals surface area contributed by atoms with Gasteiger partial charge in [0.2, 0.25) is 0 Å². The van der Waals surface area contributed by atoms with Crippen molar-refractivity contribution < 1.29 is 4.74 Å².